The molecule has 10 fully saturated rings. The van der Waals surface area contributed by atoms with Crippen LogP contribution in [0, 0.1) is 50.2 Å². The second kappa shape index (κ2) is 27.4. The SMILES string of the molecule is CC1OC(OC2C(CO)OC(OCC3(O)COC(OC(=O)C45CCC(C)(C)CC4C4=CCC6C7(C)CCC(OC8OCC(OC9OC(CO)C(O)C(O)C9OC9OC(C)C(O)C(O)C9O)C(O)C8O)C(C)(C)C7CCC6(C)C4(C)CC5)C(O)C3O)C(O)C2O)C(O)C(O)C1O. The first-order valence-electron chi connectivity index (χ1n) is 33.9. The number of carbonyl (C=O) groups is 1. The molecular weight excluding hydrogens is 1260 g/mol. The van der Waals surface area contributed by atoms with Gasteiger partial charge in [0.2, 0.25) is 6.29 Å². The number of hydrogen-bond donors (Lipinski definition) is 17. The predicted octanol–water partition coefficient (Wildman–Crippen LogP) is -3.69. The molecule has 30 nitrogen and oxygen atoms in total. The fraction of sp³-hybridized carbons (Fsp3) is 0.954. The fourth-order valence-electron chi connectivity index (χ4n) is 19.0. The minimum atomic E-state index is -2.39. The highest BCUT2D eigenvalue weighted by atomic mass is 16.8. The summed E-state index contributed by atoms with van der Waals surface area (Å²) in [6.45, 7) is 15.2. The molecule has 0 aromatic heterocycles. The minimum absolute atomic E-state index is 0.129. The number of rotatable bonds is 15. The molecule has 546 valence electrons. The van der Waals surface area contributed by atoms with Crippen LogP contribution in [0.5, 0.6) is 0 Å². The number of allylic oxidation sites excluding steroid dienone is 2. The molecular formula is C65H106O30. The maximum atomic E-state index is 15.2. The van der Waals surface area contributed by atoms with Crippen molar-refractivity contribution in [3.05, 3.63) is 11.6 Å². The molecule has 0 amide bonds. The van der Waals surface area contributed by atoms with E-state index in [1.807, 2.05) is 0 Å². The van der Waals surface area contributed by atoms with E-state index in [-0.39, 0.29) is 46.0 Å². The van der Waals surface area contributed by atoms with Crippen molar-refractivity contribution in [3.63, 3.8) is 0 Å². The van der Waals surface area contributed by atoms with Crippen LogP contribution in [-0.4, -0.2) is 303 Å². The zero-order valence-electron chi connectivity index (χ0n) is 55.5. The number of carbonyl (C=O) groups excluding carboxylic acids is 1. The van der Waals surface area contributed by atoms with Gasteiger partial charge in [-0.25, -0.2) is 0 Å². The molecule has 0 aromatic rings. The van der Waals surface area contributed by atoms with Crippen LogP contribution in [0.2, 0.25) is 0 Å². The lowest BCUT2D eigenvalue weighted by atomic mass is 9.33. The van der Waals surface area contributed by atoms with Gasteiger partial charge in [-0.1, -0.05) is 60.1 Å². The largest absolute Gasteiger partial charge is 0.432 e. The Labute approximate surface area is 551 Å². The predicted molar refractivity (Wildman–Crippen MR) is 319 cm³/mol. The number of esters is 1. The molecule has 6 aliphatic heterocycles. The first kappa shape index (κ1) is 74.3. The summed E-state index contributed by atoms with van der Waals surface area (Å²) >= 11 is 0. The van der Waals surface area contributed by atoms with Gasteiger partial charge in [-0.05, 0) is 123 Å². The zero-order chi connectivity index (χ0) is 69.4. The van der Waals surface area contributed by atoms with Crippen molar-refractivity contribution in [1.29, 1.82) is 0 Å². The molecule has 4 saturated carbocycles. The van der Waals surface area contributed by atoms with Gasteiger partial charge in [-0.3, -0.25) is 4.79 Å². The fourth-order valence-corrected chi connectivity index (χ4v) is 19.0. The molecule has 36 atom stereocenters. The lowest BCUT2D eigenvalue weighted by Crippen LogP contribution is -2.67. The molecule has 11 aliphatic rings. The van der Waals surface area contributed by atoms with E-state index in [1.54, 1.807) is 0 Å². The van der Waals surface area contributed by atoms with Gasteiger partial charge in [0.1, 0.15) is 122 Å². The number of ether oxygens (including phenoxy) is 12. The highest BCUT2D eigenvalue weighted by Crippen LogP contribution is 2.76. The highest BCUT2D eigenvalue weighted by Gasteiger charge is 2.71. The Kier molecular flexibility index (Phi) is 21.4. The minimum Gasteiger partial charge on any atom is -0.432 e. The second-order valence-corrected chi connectivity index (χ2v) is 31.6. The normalized spacial score (nSPS) is 54.6. The van der Waals surface area contributed by atoms with Crippen LogP contribution in [0.25, 0.3) is 0 Å². The van der Waals surface area contributed by atoms with Gasteiger partial charge in [0, 0.05) is 0 Å². The summed E-state index contributed by atoms with van der Waals surface area (Å²) in [6.07, 6.45) is -34.9. The number of aliphatic hydroxyl groups excluding tert-OH is 16. The van der Waals surface area contributed by atoms with E-state index in [4.69, 9.17) is 56.8 Å². The Morgan fingerprint density at radius 2 is 1.12 bits per heavy atom. The highest BCUT2D eigenvalue weighted by molar-refractivity contribution is 5.79. The molecule has 0 spiro atoms. The Morgan fingerprint density at radius 3 is 1.75 bits per heavy atom. The van der Waals surface area contributed by atoms with E-state index < -0.39 is 221 Å². The molecule has 30 heteroatoms. The number of hydrogen-bond acceptors (Lipinski definition) is 30. The molecule has 6 saturated heterocycles. The summed E-state index contributed by atoms with van der Waals surface area (Å²) in [4.78, 5) is 15.2. The van der Waals surface area contributed by atoms with Gasteiger partial charge in [0.25, 0.3) is 0 Å². The third-order valence-electron chi connectivity index (χ3n) is 25.2. The zero-order valence-corrected chi connectivity index (χ0v) is 55.5. The van der Waals surface area contributed by atoms with Crippen molar-refractivity contribution < 1.29 is 148 Å². The van der Waals surface area contributed by atoms with E-state index >= 15 is 4.79 Å². The summed E-state index contributed by atoms with van der Waals surface area (Å²) in [7, 11) is 0. The number of aliphatic hydroxyl groups is 17. The topological polar surface area (TPSA) is 472 Å². The molecule has 95 heavy (non-hydrogen) atoms. The van der Waals surface area contributed by atoms with Crippen LogP contribution in [0.4, 0.5) is 0 Å². The average molecular weight is 1370 g/mol. The monoisotopic (exact) mass is 1370 g/mol. The Balaban J connectivity index is 0.725. The van der Waals surface area contributed by atoms with Crippen molar-refractivity contribution in [2.24, 2.45) is 50.2 Å². The smallest absolute Gasteiger partial charge is 0.315 e. The summed E-state index contributed by atoms with van der Waals surface area (Å²) in [5.41, 5.74) is -3.65. The molecule has 0 bridgehead atoms. The van der Waals surface area contributed by atoms with Crippen molar-refractivity contribution in [2.75, 3.05) is 33.0 Å². The summed E-state index contributed by atoms with van der Waals surface area (Å²) in [5, 5.41) is 185. The Bertz CT molecular complexity index is 2690. The first-order valence-corrected chi connectivity index (χ1v) is 33.9. The van der Waals surface area contributed by atoms with Crippen molar-refractivity contribution in [2.45, 2.75) is 304 Å². The van der Waals surface area contributed by atoms with Crippen molar-refractivity contribution >= 4 is 5.97 Å². The molecule has 17 N–H and O–H groups in total. The molecule has 36 unspecified atom stereocenters. The van der Waals surface area contributed by atoms with Crippen LogP contribution >= 0.6 is 0 Å². The van der Waals surface area contributed by atoms with E-state index in [9.17, 15) is 86.8 Å². The number of fused-ring (bicyclic) bond motifs is 7. The lowest BCUT2D eigenvalue weighted by molar-refractivity contribution is -0.382. The maximum absolute atomic E-state index is 15.2. The molecule has 0 aromatic carbocycles. The third kappa shape index (κ3) is 12.8. The van der Waals surface area contributed by atoms with Gasteiger partial charge in [-0.2, -0.15) is 0 Å². The van der Waals surface area contributed by atoms with E-state index in [0.717, 1.165) is 25.7 Å². The first-order chi connectivity index (χ1) is 44.4. The molecule has 6 heterocycles. The molecule has 0 radical (unpaired) electrons. The van der Waals surface area contributed by atoms with E-state index in [0.29, 0.717) is 38.5 Å². The summed E-state index contributed by atoms with van der Waals surface area (Å²) < 4.78 is 70.7. The lowest BCUT2D eigenvalue weighted by Gasteiger charge is -2.71. The van der Waals surface area contributed by atoms with Gasteiger partial charge in [0.15, 0.2) is 31.5 Å². The van der Waals surface area contributed by atoms with Crippen LogP contribution in [0.1, 0.15) is 127 Å². The standard InChI is InChI=1S/C65H106O30/c1-26-36(68)40(72)45(77)55(87-26)93-49-31(22-67)90-53(47(79)43(49)75)85-24-65(83)25-86-54(48(80)51(65)81)95-58(82)64-18-16-59(3,4)20-29(64)28-10-11-34-61(7)14-13-35(60(5,6)33(61)12-15-63(34,9)62(28,8)17-19-64)92-52-44(76)39(71)32(23-84-52)91-57-50(42(74)38(70)30(21-66)89-57)94-56-46(78)41(73)37(69)27(2)88-56/h10,26-27,29-57,66-81,83H,11-25H2,1-9H3. The van der Waals surface area contributed by atoms with Crippen molar-refractivity contribution in [1.82, 2.24) is 0 Å². The van der Waals surface area contributed by atoms with E-state index in [2.05, 4.69) is 54.5 Å². The molecule has 11 rings (SSSR count). The van der Waals surface area contributed by atoms with E-state index in [1.165, 1.54) is 19.4 Å². The van der Waals surface area contributed by atoms with Gasteiger partial charge in [0.05, 0.1) is 56.8 Å². The quantitative estimate of drug-likeness (QED) is 0.0426. The summed E-state index contributed by atoms with van der Waals surface area (Å²) in [6, 6.07) is 0. The Morgan fingerprint density at radius 1 is 0.537 bits per heavy atom. The maximum Gasteiger partial charge on any atom is 0.315 e. The van der Waals surface area contributed by atoms with Crippen LogP contribution in [0.15, 0.2) is 11.6 Å². The summed E-state index contributed by atoms with van der Waals surface area (Å²) in [5.74, 6) is -0.514. The molecule has 5 aliphatic carbocycles. The van der Waals surface area contributed by atoms with Gasteiger partial charge < -0.3 is 144 Å². The average Bonchev–Trinajstić information content (AvgIpc) is 0.676. The van der Waals surface area contributed by atoms with Gasteiger partial charge in [-0.15, -0.1) is 0 Å². The van der Waals surface area contributed by atoms with Crippen LogP contribution < -0.4 is 0 Å². The third-order valence-corrected chi connectivity index (χ3v) is 25.2. The Hall–Kier alpha value is -1.91. The van der Waals surface area contributed by atoms with Gasteiger partial charge >= 0.3 is 5.97 Å². The van der Waals surface area contributed by atoms with Crippen LogP contribution in [0.3, 0.4) is 0 Å². The second-order valence-electron chi connectivity index (χ2n) is 31.6. The van der Waals surface area contributed by atoms with Crippen LogP contribution in [-0.2, 0) is 61.6 Å². The van der Waals surface area contributed by atoms with Crippen molar-refractivity contribution in [3.8, 4) is 0 Å².